The van der Waals surface area contributed by atoms with Gasteiger partial charge in [-0.3, -0.25) is 0 Å². The van der Waals surface area contributed by atoms with E-state index in [1.165, 1.54) is 12.1 Å². The Balaban J connectivity index is 2.20. The van der Waals surface area contributed by atoms with E-state index in [4.69, 9.17) is 10.00 Å². The maximum atomic E-state index is 12.2. The van der Waals surface area contributed by atoms with E-state index in [2.05, 4.69) is 4.72 Å². The van der Waals surface area contributed by atoms with Gasteiger partial charge in [0, 0.05) is 13.2 Å². The minimum Gasteiger partial charge on any atom is -0.380 e. The molecule has 1 saturated carbocycles. The summed E-state index contributed by atoms with van der Waals surface area (Å²) in [4.78, 5) is 0.119. The number of nitriles is 1. The van der Waals surface area contributed by atoms with Crippen LogP contribution in [0.5, 0.6) is 0 Å². The van der Waals surface area contributed by atoms with E-state index in [1.54, 1.807) is 19.2 Å². The number of nitrogens with one attached hydrogen (secondary N) is 1. The molecule has 1 fully saturated rings. The first kappa shape index (κ1) is 14.0. The van der Waals surface area contributed by atoms with Gasteiger partial charge in [-0.05, 0) is 37.5 Å². The van der Waals surface area contributed by atoms with Crippen molar-refractivity contribution >= 4 is 10.0 Å². The number of benzene rings is 1. The van der Waals surface area contributed by atoms with E-state index in [0.717, 1.165) is 19.3 Å². The van der Waals surface area contributed by atoms with Gasteiger partial charge in [0.05, 0.1) is 22.6 Å². The molecule has 1 aliphatic rings. The fourth-order valence-electron chi connectivity index (χ4n) is 2.34. The summed E-state index contributed by atoms with van der Waals surface area (Å²) >= 11 is 0. The molecule has 0 aliphatic heterocycles. The SMILES string of the molecule is COC1CCCC1NS(=O)(=O)c1cccc(C#N)c1. The van der Waals surface area contributed by atoms with Gasteiger partial charge >= 0.3 is 0 Å². The van der Waals surface area contributed by atoms with E-state index in [-0.39, 0.29) is 17.0 Å². The van der Waals surface area contributed by atoms with E-state index in [0.29, 0.717) is 5.56 Å². The lowest BCUT2D eigenvalue weighted by atomic mass is 10.2. The summed E-state index contributed by atoms with van der Waals surface area (Å²) < 4.78 is 32.4. The van der Waals surface area contributed by atoms with Crippen LogP contribution in [0.15, 0.2) is 29.2 Å². The Labute approximate surface area is 113 Å². The number of hydrogen-bond donors (Lipinski definition) is 1. The Morgan fingerprint density at radius 3 is 2.89 bits per heavy atom. The monoisotopic (exact) mass is 280 g/mol. The first-order chi connectivity index (χ1) is 9.06. The van der Waals surface area contributed by atoms with Crippen LogP contribution in [0.25, 0.3) is 0 Å². The Morgan fingerprint density at radius 1 is 1.42 bits per heavy atom. The van der Waals surface area contributed by atoms with Crippen LogP contribution in [0.3, 0.4) is 0 Å². The molecule has 1 aromatic rings. The summed E-state index contributed by atoms with van der Waals surface area (Å²) in [7, 11) is -2.01. The van der Waals surface area contributed by atoms with Crippen LogP contribution < -0.4 is 4.72 Å². The van der Waals surface area contributed by atoms with Crippen molar-refractivity contribution in [2.45, 2.75) is 36.3 Å². The highest BCUT2D eigenvalue weighted by atomic mass is 32.2. The molecule has 1 N–H and O–H groups in total. The average molecular weight is 280 g/mol. The quantitative estimate of drug-likeness (QED) is 0.904. The molecule has 19 heavy (non-hydrogen) atoms. The van der Waals surface area contributed by atoms with Crippen molar-refractivity contribution in [2.24, 2.45) is 0 Å². The molecule has 0 amide bonds. The summed E-state index contributed by atoms with van der Waals surface area (Å²) in [6.07, 6.45) is 2.51. The lowest BCUT2D eigenvalue weighted by molar-refractivity contribution is 0.0916. The molecule has 1 aromatic carbocycles. The van der Waals surface area contributed by atoms with Crippen LogP contribution in [0.1, 0.15) is 24.8 Å². The third-order valence-corrected chi connectivity index (χ3v) is 4.82. The summed E-state index contributed by atoms with van der Waals surface area (Å²) in [5.74, 6) is 0. The van der Waals surface area contributed by atoms with E-state index >= 15 is 0 Å². The van der Waals surface area contributed by atoms with Gasteiger partial charge in [0.25, 0.3) is 0 Å². The van der Waals surface area contributed by atoms with Crippen molar-refractivity contribution in [1.29, 1.82) is 5.26 Å². The zero-order valence-electron chi connectivity index (χ0n) is 10.7. The van der Waals surface area contributed by atoms with Gasteiger partial charge in [-0.15, -0.1) is 0 Å². The molecule has 0 radical (unpaired) electrons. The Hall–Kier alpha value is -1.42. The zero-order chi connectivity index (χ0) is 13.9. The maximum Gasteiger partial charge on any atom is 0.240 e. The second-order valence-electron chi connectivity index (χ2n) is 4.57. The van der Waals surface area contributed by atoms with Gasteiger partial charge in [0.1, 0.15) is 0 Å². The molecule has 0 saturated heterocycles. The molecule has 0 heterocycles. The van der Waals surface area contributed by atoms with Crippen molar-refractivity contribution in [2.75, 3.05) is 7.11 Å². The van der Waals surface area contributed by atoms with E-state index in [1.807, 2.05) is 6.07 Å². The number of sulfonamides is 1. The highest BCUT2D eigenvalue weighted by Gasteiger charge is 2.31. The van der Waals surface area contributed by atoms with Crippen LogP contribution in [0.2, 0.25) is 0 Å². The smallest absolute Gasteiger partial charge is 0.240 e. The van der Waals surface area contributed by atoms with Gasteiger partial charge < -0.3 is 4.74 Å². The maximum absolute atomic E-state index is 12.2. The molecule has 1 aliphatic carbocycles. The number of hydrogen-bond acceptors (Lipinski definition) is 4. The summed E-state index contributed by atoms with van der Waals surface area (Å²) in [6, 6.07) is 7.74. The number of ether oxygens (including phenoxy) is 1. The molecule has 2 atom stereocenters. The predicted octanol–water partition coefficient (Wildman–Crippen LogP) is 1.40. The van der Waals surface area contributed by atoms with E-state index in [9.17, 15) is 8.42 Å². The molecular formula is C13H16N2O3S. The third kappa shape index (κ3) is 3.13. The molecule has 5 nitrogen and oxygen atoms in total. The van der Waals surface area contributed by atoms with Crippen LogP contribution in [0.4, 0.5) is 0 Å². The van der Waals surface area contributed by atoms with Crippen LogP contribution in [0, 0.1) is 11.3 Å². The Bertz CT molecular complexity index is 592. The lowest BCUT2D eigenvalue weighted by Crippen LogP contribution is -2.40. The van der Waals surface area contributed by atoms with Crippen molar-refractivity contribution in [3.63, 3.8) is 0 Å². The fraction of sp³-hybridized carbons (Fsp3) is 0.462. The second-order valence-corrected chi connectivity index (χ2v) is 6.29. The molecule has 0 aromatic heterocycles. The molecule has 102 valence electrons. The first-order valence-electron chi connectivity index (χ1n) is 6.12. The Kier molecular flexibility index (Phi) is 4.20. The topological polar surface area (TPSA) is 79.2 Å². The minimum atomic E-state index is -3.60. The molecule has 6 heteroatoms. The van der Waals surface area contributed by atoms with Gasteiger partial charge in [-0.2, -0.15) is 5.26 Å². The van der Waals surface area contributed by atoms with E-state index < -0.39 is 10.0 Å². The van der Waals surface area contributed by atoms with Gasteiger partial charge in [-0.1, -0.05) is 6.07 Å². The highest BCUT2D eigenvalue weighted by molar-refractivity contribution is 7.89. The average Bonchev–Trinajstić information content (AvgIpc) is 2.85. The van der Waals surface area contributed by atoms with Crippen molar-refractivity contribution in [3.05, 3.63) is 29.8 Å². The predicted molar refractivity (Wildman–Crippen MR) is 69.9 cm³/mol. The summed E-state index contributed by atoms with van der Waals surface area (Å²) in [5.41, 5.74) is 0.331. The molecular weight excluding hydrogens is 264 g/mol. The highest BCUT2D eigenvalue weighted by Crippen LogP contribution is 2.23. The van der Waals surface area contributed by atoms with Crippen LogP contribution >= 0.6 is 0 Å². The normalized spacial score (nSPS) is 23.2. The third-order valence-electron chi connectivity index (χ3n) is 3.34. The van der Waals surface area contributed by atoms with Crippen molar-refractivity contribution in [1.82, 2.24) is 4.72 Å². The largest absolute Gasteiger partial charge is 0.380 e. The zero-order valence-corrected chi connectivity index (χ0v) is 11.5. The van der Waals surface area contributed by atoms with Gasteiger partial charge in [-0.25, -0.2) is 13.1 Å². The first-order valence-corrected chi connectivity index (χ1v) is 7.60. The van der Waals surface area contributed by atoms with Crippen molar-refractivity contribution in [3.8, 4) is 6.07 Å². The van der Waals surface area contributed by atoms with Crippen LogP contribution in [-0.4, -0.2) is 27.7 Å². The van der Waals surface area contributed by atoms with Crippen LogP contribution in [-0.2, 0) is 14.8 Å². The van der Waals surface area contributed by atoms with Crippen molar-refractivity contribution < 1.29 is 13.2 Å². The minimum absolute atomic E-state index is 0.0751. The lowest BCUT2D eigenvalue weighted by Gasteiger charge is -2.19. The molecule has 0 spiro atoms. The summed E-state index contributed by atoms with van der Waals surface area (Å²) in [6.45, 7) is 0. The van der Waals surface area contributed by atoms with Gasteiger partial charge in [0.15, 0.2) is 0 Å². The molecule has 0 bridgehead atoms. The molecule has 2 unspecified atom stereocenters. The fourth-order valence-corrected chi connectivity index (χ4v) is 3.69. The standard InChI is InChI=1S/C13H16N2O3S/c1-18-13-7-3-6-12(13)15-19(16,17)11-5-2-4-10(8-11)9-14/h2,4-5,8,12-13,15H,3,6-7H2,1H3. The molecule has 2 rings (SSSR count). The Morgan fingerprint density at radius 2 is 2.21 bits per heavy atom. The van der Waals surface area contributed by atoms with Gasteiger partial charge in [0.2, 0.25) is 10.0 Å². The number of rotatable bonds is 4. The number of nitrogens with zero attached hydrogens (tertiary/aromatic N) is 1. The number of methoxy groups -OCH3 is 1. The second kappa shape index (κ2) is 5.70. The summed E-state index contributed by atoms with van der Waals surface area (Å²) in [5, 5.41) is 8.81.